The van der Waals surface area contributed by atoms with Gasteiger partial charge >= 0.3 is 5.97 Å². The lowest BCUT2D eigenvalue weighted by atomic mass is 9.92. The summed E-state index contributed by atoms with van der Waals surface area (Å²) in [6.45, 7) is 13.8. The minimum Gasteiger partial charge on any atom is -0.486 e. The molecule has 10 heteroatoms. The number of piperidine rings is 1. The Morgan fingerprint density at radius 1 is 1.13 bits per heavy atom. The van der Waals surface area contributed by atoms with Crippen LogP contribution in [0.4, 0.5) is 5.82 Å². The van der Waals surface area contributed by atoms with Gasteiger partial charge in [0.05, 0.1) is 36.2 Å². The first-order valence-corrected chi connectivity index (χ1v) is 15.9. The van der Waals surface area contributed by atoms with Crippen molar-refractivity contribution in [3.05, 3.63) is 72.2 Å². The number of hydrogen-bond acceptors (Lipinski definition) is 9. The highest BCUT2D eigenvalue weighted by molar-refractivity contribution is 5.81. The van der Waals surface area contributed by atoms with Crippen LogP contribution in [-0.4, -0.2) is 69.7 Å². The molecule has 1 aromatic carbocycles. The predicted octanol–water partition coefficient (Wildman–Crippen LogP) is 6.51. The molecule has 0 radical (unpaired) electrons. The summed E-state index contributed by atoms with van der Waals surface area (Å²) in [6.07, 6.45) is 8.05. The molecule has 0 amide bonds. The summed E-state index contributed by atoms with van der Waals surface area (Å²) in [5, 5.41) is 5.13. The van der Waals surface area contributed by atoms with Gasteiger partial charge in [-0.15, -0.1) is 0 Å². The lowest BCUT2D eigenvalue weighted by Crippen LogP contribution is -2.45. The molecule has 6 heterocycles. The topological polar surface area (TPSA) is 100 Å². The summed E-state index contributed by atoms with van der Waals surface area (Å²) in [6, 6.07) is 12.1. The van der Waals surface area contributed by atoms with Crippen LogP contribution in [0.3, 0.4) is 0 Å². The normalized spacial score (nSPS) is 21.5. The third-order valence-electron chi connectivity index (χ3n) is 8.57. The number of anilines is 1. The molecule has 0 unspecified atom stereocenters. The molecular weight excluding hydrogens is 582 g/mol. The summed E-state index contributed by atoms with van der Waals surface area (Å²) < 4.78 is 26.3. The Bertz CT molecular complexity index is 1770. The largest absolute Gasteiger partial charge is 0.486 e. The Balaban J connectivity index is 1.56. The van der Waals surface area contributed by atoms with Gasteiger partial charge < -0.3 is 23.8 Å². The van der Waals surface area contributed by atoms with Crippen LogP contribution in [0.5, 0.6) is 5.75 Å². The van der Waals surface area contributed by atoms with E-state index in [1.165, 1.54) is 7.11 Å². The highest BCUT2D eigenvalue weighted by Crippen LogP contribution is 2.39. The molecule has 242 valence electrons. The highest BCUT2D eigenvalue weighted by atomic mass is 16.6. The van der Waals surface area contributed by atoms with E-state index in [-0.39, 0.29) is 11.7 Å². The molecule has 7 rings (SSSR count). The first-order valence-electron chi connectivity index (χ1n) is 15.9. The molecule has 0 spiro atoms. The quantitative estimate of drug-likeness (QED) is 0.186. The maximum atomic E-state index is 13.4. The zero-order chi connectivity index (χ0) is 32.6. The number of nitrogens with zero attached hydrogens (tertiary/aromatic N) is 5. The molecule has 2 atom stereocenters. The monoisotopic (exact) mass is 625 g/mol. The second-order valence-corrected chi connectivity index (χ2v) is 13.3. The number of hydrogen-bond donors (Lipinski definition) is 0. The van der Waals surface area contributed by atoms with Gasteiger partial charge in [-0.25, -0.2) is 9.78 Å². The van der Waals surface area contributed by atoms with Crippen molar-refractivity contribution in [1.29, 1.82) is 0 Å². The van der Waals surface area contributed by atoms with Gasteiger partial charge in [0.25, 0.3) is 0 Å². The molecule has 0 saturated carbocycles. The van der Waals surface area contributed by atoms with E-state index < -0.39 is 17.7 Å². The van der Waals surface area contributed by atoms with Crippen LogP contribution >= 0.6 is 0 Å². The van der Waals surface area contributed by atoms with Crippen LogP contribution in [-0.2, 0) is 19.0 Å². The molecule has 1 saturated heterocycles. The molecule has 46 heavy (non-hydrogen) atoms. The van der Waals surface area contributed by atoms with Crippen molar-refractivity contribution in [2.45, 2.75) is 77.8 Å². The molecule has 6 bridgehead atoms. The molecule has 3 aliphatic rings. The first-order chi connectivity index (χ1) is 21.9. The molecule has 3 aliphatic heterocycles. The van der Waals surface area contributed by atoms with Crippen molar-refractivity contribution in [1.82, 2.24) is 19.6 Å². The Morgan fingerprint density at radius 2 is 1.89 bits per heavy atom. The van der Waals surface area contributed by atoms with E-state index in [9.17, 15) is 4.79 Å². The van der Waals surface area contributed by atoms with Crippen LogP contribution < -0.4 is 9.64 Å². The first kappa shape index (κ1) is 31.7. The molecule has 0 aliphatic carbocycles. The number of aryl methyl sites for hydroxylation is 1. The third-order valence-corrected chi connectivity index (χ3v) is 8.57. The van der Waals surface area contributed by atoms with E-state index in [4.69, 9.17) is 29.0 Å². The number of carbonyl (C=O) groups is 1. The molecule has 3 aromatic heterocycles. The van der Waals surface area contributed by atoms with Gasteiger partial charge in [0, 0.05) is 48.4 Å². The number of benzene rings is 1. The maximum absolute atomic E-state index is 13.4. The van der Waals surface area contributed by atoms with Gasteiger partial charge in [0.2, 0.25) is 0 Å². The smallest absolute Gasteiger partial charge is 0.339 e. The Labute approximate surface area is 270 Å². The number of methoxy groups -OCH3 is 1. The van der Waals surface area contributed by atoms with Crippen molar-refractivity contribution in [3.8, 4) is 28.1 Å². The number of esters is 1. The number of carbonyl (C=O) groups excluding carboxylic acids is 1. The average Bonchev–Trinajstić information content (AvgIpc) is 3.45. The third kappa shape index (κ3) is 6.50. The average molecular weight is 626 g/mol. The van der Waals surface area contributed by atoms with E-state index in [2.05, 4.69) is 22.9 Å². The van der Waals surface area contributed by atoms with E-state index >= 15 is 0 Å². The number of fused-ring (bicyclic) bond motifs is 6. The van der Waals surface area contributed by atoms with Gasteiger partial charge in [0.1, 0.15) is 17.7 Å². The molecule has 4 aromatic rings. The Hall–Kier alpha value is -4.28. The van der Waals surface area contributed by atoms with Crippen LogP contribution in [0.2, 0.25) is 0 Å². The van der Waals surface area contributed by atoms with Crippen molar-refractivity contribution in [3.63, 3.8) is 0 Å². The fourth-order valence-electron chi connectivity index (χ4n) is 6.17. The predicted molar refractivity (Wildman–Crippen MR) is 177 cm³/mol. The summed E-state index contributed by atoms with van der Waals surface area (Å²) in [5.41, 5.74) is 4.60. The molecular formula is C36H43N5O5. The lowest BCUT2D eigenvalue weighted by Gasteiger charge is -2.41. The number of rotatable bonds is 3. The van der Waals surface area contributed by atoms with E-state index in [0.717, 1.165) is 46.8 Å². The van der Waals surface area contributed by atoms with Crippen LogP contribution in [0.1, 0.15) is 64.8 Å². The Kier molecular flexibility index (Phi) is 8.60. The molecule has 1 fully saturated rings. The fourth-order valence-corrected chi connectivity index (χ4v) is 6.17. The van der Waals surface area contributed by atoms with Crippen molar-refractivity contribution in [2.24, 2.45) is 0 Å². The van der Waals surface area contributed by atoms with E-state index in [1.807, 2.05) is 87.8 Å². The van der Waals surface area contributed by atoms with Crippen LogP contribution in [0.15, 0.2) is 60.9 Å². The summed E-state index contributed by atoms with van der Waals surface area (Å²) >= 11 is 0. The standard InChI is InChI=1S/C36H43N5O5/c1-23-10-9-19-44-36(6)14-17-40(18-15-36)33-31(32(34(42)43-7)46-35(3,4)5)24(2)38-30-21-28(39-41(30)33)26-12-8-11-25(20-26)27-22-37-16-13-29(27)45-23/h8-13,16,20-23,32H,14-15,17-19H2,1-7H3/b10-9+/t23-,32+/m1/s1. The second-order valence-electron chi connectivity index (χ2n) is 13.3. The lowest BCUT2D eigenvalue weighted by molar-refractivity contribution is -0.164. The number of aromatic nitrogens is 4. The van der Waals surface area contributed by atoms with E-state index in [1.54, 1.807) is 6.20 Å². The zero-order valence-electron chi connectivity index (χ0n) is 27.7. The van der Waals surface area contributed by atoms with Crippen molar-refractivity contribution < 1.29 is 23.7 Å². The highest BCUT2D eigenvalue weighted by Gasteiger charge is 2.38. The van der Waals surface area contributed by atoms with Crippen LogP contribution in [0.25, 0.3) is 28.0 Å². The van der Waals surface area contributed by atoms with Crippen molar-refractivity contribution in [2.75, 3.05) is 31.7 Å². The SMILES string of the molecule is COC(=O)[C@@H](OC(C)(C)C)c1c(C)nc2cc3nn2c1N1CCC(C)(CC1)OC/C=C/[C@@H](C)Oc1ccncc1-c1cccc-3c1. The summed E-state index contributed by atoms with van der Waals surface area (Å²) in [4.78, 5) is 25.0. The zero-order valence-corrected chi connectivity index (χ0v) is 27.7. The van der Waals surface area contributed by atoms with Gasteiger partial charge in [0.15, 0.2) is 11.8 Å². The maximum Gasteiger partial charge on any atom is 0.339 e. The fraction of sp³-hybridized carbons (Fsp3) is 0.444. The minimum atomic E-state index is -0.991. The van der Waals surface area contributed by atoms with Gasteiger partial charge in [-0.1, -0.05) is 24.3 Å². The molecule has 0 N–H and O–H groups in total. The minimum absolute atomic E-state index is 0.161. The van der Waals surface area contributed by atoms with Gasteiger partial charge in [-0.3, -0.25) is 4.98 Å². The van der Waals surface area contributed by atoms with Crippen molar-refractivity contribution >= 4 is 17.4 Å². The van der Waals surface area contributed by atoms with E-state index in [0.29, 0.717) is 36.6 Å². The number of ether oxygens (including phenoxy) is 4. The molecule has 10 nitrogen and oxygen atoms in total. The van der Waals surface area contributed by atoms with Gasteiger partial charge in [-0.2, -0.15) is 9.61 Å². The summed E-state index contributed by atoms with van der Waals surface area (Å²) in [7, 11) is 1.38. The number of pyridine rings is 1. The summed E-state index contributed by atoms with van der Waals surface area (Å²) in [5.74, 6) is 1.04. The van der Waals surface area contributed by atoms with Gasteiger partial charge in [-0.05, 0) is 78.2 Å². The van der Waals surface area contributed by atoms with Crippen LogP contribution in [0, 0.1) is 6.92 Å². The Morgan fingerprint density at radius 3 is 2.63 bits per heavy atom. The second kappa shape index (κ2) is 12.5.